The van der Waals surface area contributed by atoms with E-state index >= 15 is 0 Å². The summed E-state index contributed by atoms with van der Waals surface area (Å²) in [5, 5.41) is 22.2. The molecule has 0 radical (unpaired) electrons. The Hall–Kier alpha value is -2.24. The van der Waals surface area contributed by atoms with E-state index in [0.29, 0.717) is 0 Å². The number of carbonyl (C=O) groups is 4. The van der Waals surface area contributed by atoms with Crippen LogP contribution in [0.2, 0.25) is 0 Å². The van der Waals surface area contributed by atoms with E-state index in [1.807, 2.05) is 0 Å². The molecule has 2 aliphatic rings. The number of aliphatic hydroxyl groups excluding tert-OH is 2. The number of aliphatic hydroxyl groups is 2. The molecule has 0 aliphatic carbocycles. The Labute approximate surface area is 161 Å². The summed E-state index contributed by atoms with van der Waals surface area (Å²) in [6.07, 6.45) is -6.80. The Morgan fingerprint density at radius 2 is 1.68 bits per heavy atom. The number of esters is 3. The Morgan fingerprint density at radius 1 is 1.07 bits per heavy atom. The molecule has 2 heterocycles. The van der Waals surface area contributed by atoms with E-state index < -0.39 is 61.3 Å². The van der Waals surface area contributed by atoms with E-state index in [1.54, 1.807) is 0 Å². The van der Waals surface area contributed by atoms with Gasteiger partial charge in [0.2, 0.25) is 5.91 Å². The first-order chi connectivity index (χ1) is 13.3. The first-order valence-electron chi connectivity index (χ1n) is 9.13. The Balaban J connectivity index is 2.25. The molecule has 1 amide bonds. The average Bonchev–Trinajstić information content (AvgIpc) is 3.12. The van der Waals surface area contributed by atoms with Gasteiger partial charge in [-0.15, -0.1) is 0 Å². The summed E-state index contributed by atoms with van der Waals surface area (Å²) < 4.78 is 21.0. The van der Waals surface area contributed by atoms with Crippen molar-refractivity contribution in [3.05, 3.63) is 0 Å². The van der Waals surface area contributed by atoms with Crippen molar-refractivity contribution in [3.8, 4) is 0 Å². The molecule has 2 saturated heterocycles. The highest BCUT2D eigenvalue weighted by Gasteiger charge is 2.52. The molecule has 2 aliphatic heterocycles. The van der Waals surface area contributed by atoms with Crippen LogP contribution in [0, 0.1) is 0 Å². The molecule has 11 heteroatoms. The summed E-state index contributed by atoms with van der Waals surface area (Å²) in [6, 6.07) is -0.891. The lowest BCUT2D eigenvalue weighted by atomic mass is 9.98. The number of amides is 1. The van der Waals surface area contributed by atoms with E-state index in [2.05, 4.69) is 5.32 Å². The molecule has 0 unspecified atom stereocenters. The topological polar surface area (TPSA) is 158 Å². The lowest BCUT2D eigenvalue weighted by Gasteiger charge is -2.42. The quantitative estimate of drug-likeness (QED) is 0.338. The minimum atomic E-state index is -1.71. The van der Waals surface area contributed by atoms with Crippen molar-refractivity contribution in [2.24, 2.45) is 0 Å². The van der Waals surface area contributed by atoms with Gasteiger partial charge in [-0.3, -0.25) is 14.4 Å². The van der Waals surface area contributed by atoms with Gasteiger partial charge in [-0.2, -0.15) is 0 Å². The molecule has 0 aromatic carbocycles. The van der Waals surface area contributed by atoms with Crippen LogP contribution in [0.5, 0.6) is 0 Å². The number of nitrogens with one attached hydrogen (secondary N) is 1. The summed E-state index contributed by atoms with van der Waals surface area (Å²) in [6.45, 7) is 2.40. The summed E-state index contributed by atoms with van der Waals surface area (Å²) in [7, 11) is 0. The monoisotopic (exact) mass is 403 g/mol. The van der Waals surface area contributed by atoms with Gasteiger partial charge in [0.1, 0.15) is 12.1 Å². The fourth-order valence-corrected chi connectivity index (χ4v) is 2.92. The van der Waals surface area contributed by atoms with Gasteiger partial charge in [0.05, 0.1) is 6.61 Å². The van der Waals surface area contributed by atoms with Gasteiger partial charge in [0.25, 0.3) is 0 Å². The Bertz CT molecular complexity index is 609. The zero-order valence-electron chi connectivity index (χ0n) is 15.7. The van der Waals surface area contributed by atoms with Gasteiger partial charge in [0.15, 0.2) is 24.6 Å². The maximum absolute atomic E-state index is 12.4. The highest BCUT2D eigenvalue weighted by atomic mass is 16.7. The van der Waals surface area contributed by atoms with Gasteiger partial charge in [0, 0.05) is 19.3 Å². The molecule has 0 saturated carbocycles. The molecular weight excluding hydrogens is 378 g/mol. The van der Waals surface area contributed by atoms with Crippen LogP contribution in [-0.4, -0.2) is 77.4 Å². The Morgan fingerprint density at radius 3 is 2.18 bits per heavy atom. The van der Waals surface area contributed by atoms with Gasteiger partial charge >= 0.3 is 17.9 Å². The average molecular weight is 403 g/mol. The second kappa shape index (κ2) is 9.80. The molecule has 0 spiro atoms. The number of rotatable bonds is 7. The second-order valence-electron chi connectivity index (χ2n) is 6.42. The lowest BCUT2D eigenvalue weighted by molar-refractivity contribution is -0.296. The van der Waals surface area contributed by atoms with Crippen LogP contribution >= 0.6 is 0 Å². The van der Waals surface area contributed by atoms with Crippen LogP contribution in [-0.2, 0) is 38.1 Å². The molecule has 28 heavy (non-hydrogen) atoms. The van der Waals surface area contributed by atoms with Crippen molar-refractivity contribution < 1.29 is 48.3 Å². The number of hydrogen-bond acceptors (Lipinski definition) is 10. The van der Waals surface area contributed by atoms with Gasteiger partial charge < -0.3 is 34.5 Å². The zero-order valence-corrected chi connectivity index (χ0v) is 15.7. The minimum absolute atomic E-state index is 0.0142. The van der Waals surface area contributed by atoms with E-state index in [0.717, 1.165) is 0 Å². The largest absolute Gasteiger partial charge is 0.454 e. The summed E-state index contributed by atoms with van der Waals surface area (Å²) in [5.74, 6) is -2.50. The van der Waals surface area contributed by atoms with Crippen molar-refractivity contribution in [2.75, 3.05) is 6.61 Å². The normalized spacial score (nSPS) is 32.4. The molecule has 2 fully saturated rings. The second-order valence-corrected chi connectivity index (χ2v) is 6.42. The molecule has 0 aromatic rings. The summed E-state index contributed by atoms with van der Waals surface area (Å²) >= 11 is 0. The van der Waals surface area contributed by atoms with Crippen molar-refractivity contribution in [1.29, 1.82) is 0 Å². The molecule has 158 valence electrons. The van der Waals surface area contributed by atoms with Crippen molar-refractivity contribution >= 4 is 23.8 Å². The summed E-state index contributed by atoms with van der Waals surface area (Å²) in [4.78, 5) is 47.3. The fourth-order valence-electron chi connectivity index (χ4n) is 2.92. The van der Waals surface area contributed by atoms with Crippen LogP contribution < -0.4 is 5.32 Å². The van der Waals surface area contributed by atoms with Crippen LogP contribution in [0.4, 0.5) is 0 Å². The van der Waals surface area contributed by atoms with Crippen LogP contribution in [0.3, 0.4) is 0 Å². The smallest absolute Gasteiger partial charge is 0.329 e. The van der Waals surface area contributed by atoms with Gasteiger partial charge in [-0.1, -0.05) is 13.8 Å². The lowest BCUT2D eigenvalue weighted by Crippen LogP contribution is -2.62. The number of ether oxygens (including phenoxy) is 4. The number of carbonyl (C=O) groups excluding carboxylic acids is 4. The SMILES string of the molecule is CCC(=O)O[C@@H]1[C@@H](OC(=O)CC)[C@@H](O)O[C@H](CO)[C@H]1OC(=O)[C@@H]1CCC(=O)N1. The molecule has 0 bridgehead atoms. The van der Waals surface area contributed by atoms with Crippen LogP contribution in [0.15, 0.2) is 0 Å². The Kier molecular flexibility index (Phi) is 7.72. The molecule has 11 nitrogen and oxygen atoms in total. The van der Waals surface area contributed by atoms with Crippen molar-refractivity contribution in [2.45, 2.75) is 76.3 Å². The van der Waals surface area contributed by atoms with E-state index in [-0.39, 0.29) is 31.6 Å². The third-order valence-electron chi connectivity index (χ3n) is 4.43. The molecule has 6 atom stereocenters. The predicted octanol–water partition coefficient (Wildman–Crippen LogP) is -1.47. The van der Waals surface area contributed by atoms with Crippen molar-refractivity contribution in [3.63, 3.8) is 0 Å². The number of hydrogen-bond donors (Lipinski definition) is 3. The third-order valence-corrected chi connectivity index (χ3v) is 4.43. The first kappa shape index (κ1) is 22.1. The first-order valence-corrected chi connectivity index (χ1v) is 9.13. The molecule has 3 N–H and O–H groups in total. The zero-order chi connectivity index (χ0) is 20.8. The molecular formula is C17H25NO10. The van der Waals surface area contributed by atoms with Gasteiger partial charge in [-0.25, -0.2) is 4.79 Å². The van der Waals surface area contributed by atoms with Crippen molar-refractivity contribution in [1.82, 2.24) is 5.32 Å². The summed E-state index contributed by atoms with van der Waals surface area (Å²) in [5.41, 5.74) is 0. The van der Waals surface area contributed by atoms with Crippen LogP contribution in [0.1, 0.15) is 39.5 Å². The molecule has 0 aromatic heterocycles. The van der Waals surface area contributed by atoms with E-state index in [4.69, 9.17) is 18.9 Å². The molecule has 2 rings (SSSR count). The van der Waals surface area contributed by atoms with E-state index in [9.17, 15) is 29.4 Å². The van der Waals surface area contributed by atoms with Crippen LogP contribution in [0.25, 0.3) is 0 Å². The standard InChI is InChI=1S/C17H25NO10/c1-3-11(21)26-14-13(28-16(23)8-5-6-10(20)18-8)9(7-19)25-17(24)15(14)27-12(22)4-2/h8-9,13-15,17,19,24H,3-7H2,1-2H3,(H,18,20)/t8-,9+,13+,14-,15+,17-/m0/s1. The van der Waals surface area contributed by atoms with Gasteiger partial charge in [-0.05, 0) is 6.42 Å². The highest BCUT2D eigenvalue weighted by molar-refractivity contribution is 5.88. The predicted molar refractivity (Wildman–Crippen MR) is 89.4 cm³/mol. The fraction of sp³-hybridized carbons (Fsp3) is 0.765. The van der Waals surface area contributed by atoms with E-state index in [1.165, 1.54) is 13.8 Å². The minimum Gasteiger partial charge on any atom is -0.454 e. The maximum Gasteiger partial charge on any atom is 0.329 e. The highest BCUT2D eigenvalue weighted by Crippen LogP contribution is 2.28. The maximum atomic E-state index is 12.4. The third kappa shape index (κ3) is 5.18.